The number of halogens is 1. The summed E-state index contributed by atoms with van der Waals surface area (Å²) in [7, 11) is 2.05. The smallest absolute Gasteiger partial charge is 0.127 e. The zero-order chi connectivity index (χ0) is 14.1. The molecule has 4 heteroatoms. The number of nitrogens with zero attached hydrogens (tertiary/aromatic N) is 1. The standard InChI is InChI=1S/C15H25FN2O/c1-18(10-5-2-6-12-19)11-9-15(17)13-7-3-4-8-14(13)16/h3-4,7-8,15,19H,2,5-6,9-12,17H2,1H3. The molecule has 3 N–H and O–H groups in total. The molecule has 1 atom stereocenters. The molecule has 0 fully saturated rings. The number of hydrogen-bond donors (Lipinski definition) is 2. The Hall–Kier alpha value is -0.970. The molecule has 0 saturated carbocycles. The fourth-order valence-electron chi connectivity index (χ4n) is 2.07. The van der Waals surface area contributed by atoms with Gasteiger partial charge in [-0.3, -0.25) is 0 Å². The summed E-state index contributed by atoms with van der Waals surface area (Å²) in [6.07, 6.45) is 3.73. The minimum Gasteiger partial charge on any atom is -0.396 e. The third-order valence-electron chi connectivity index (χ3n) is 3.32. The van der Waals surface area contributed by atoms with Crippen molar-refractivity contribution < 1.29 is 9.50 Å². The molecular weight excluding hydrogens is 243 g/mol. The lowest BCUT2D eigenvalue weighted by molar-refractivity contribution is 0.270. The number of nitrogens with two attached hydrogens (primary N) is 1. The van der Waals surface area contributed by atoms with E-state index in [1.807, 2.05) is 13.1 Å². The molecule has 108 valence electrons. The summed E-state index contributed by atoms with van der Waals surface area (Å²) < 4.78 is 13.5. The highest BCUT2D eigenvalue weighted by Gasteiger charge is 2.11. The van der Waals surface area contributed by atoms with E-state index in [0.717, 1.165) is 38.8 Å². The highest BCUT2D eigenvalue weighted by atomic mass is 19.1. The van der Waals surface area contributed by atoms with Crippen LogP contribution in [0, 0.1) is 5.82 Å². The molecule has 0 radical (unpaired) electrons. The number of benzene rings is 1. The Morgan fingerprint density at radius 3 is 2.63 bits per heavy atom. The van der Waals surface area contributed by atoms with Crippen LogP contribution in [0.15, 0.2) is 24.3 Å². The van der Waals surface area contributed by atoms with Gasteiger partial charge in [0.25, 0.3) is 0 Å². The van der Waals surface area contributed by atoms with Gasteiger partial charge in [0, 0.05) is 18.2 Å². The molecular formula is C15H25FN2O. The quantitative estimate of drug-likeness (QED) is 0.676. The van der Waals surface area contributed by atoms with Crippen molar-refractivity contribution in [3.05, 3.63) is 35.6 Å². The molecule has 0 spiro atoms. The Morgan fingerprint density at radius 2 is 1.95 bits per heavy atom. The summed E-state index contributed by atoms with van der Waals surface area (Å²) >= 11 is 0. The first-order valence-corrected chi connectivity index (χ1v) is 6.94. The predicted octanol–water partition coefficient (Wildman–Crippen LogP) is 2.31. The van der Waals surface area contributed by atoms with Gasteiger partial charge in [0.2, 0.25) is 0 Å². The number of hydrogen-bond acceptors (Lipinski definition) is 3. The number of rotatable bonds is 9. The van der Waals surface area contributed by atoms with E-state index in [2.05, 4.69) is 4.90 Å². The summed E-state index contributed by atoms with van der Waals surface area (Å²) in [6.45, 7) is 2.11. The normalized spacial score (nSPS) is 12.9. The molecule has 0 heterocycles. The van der Waals surface area contributed by atoms with Crippen LogP contribution < -0.4 is 5.73 Å². The fourth-order valence-corrected chi connectivity index (χ4v) is 2.07. The molecule has 1 unspecified atom stereocenters. The fraction of sp³-hybridized carbons (Fsp3) is 0.600. The summed E-state index contributed by atoms with van der Waals surface area (Å²) in [5, 5.41) is 8.69. The molecule has 0 saturated heterocycles. The molecule has 0 amide bonds. The van der Waals surface area contributed by atoms with Crippen molar-refractivity contribution in [3.8, 4) is 0 Å². The summed E-state index contributed by atoms with van der Waals surface area (Å²) in [5.41, 5.74) is 6.61. The van der Waals surface area contributed by atoms with E-state index in [4.69, 9.17) is 10.8 Å². The van der Waals surface area contributed by atoms with Gasteiger partial charge in [0.15, 0.2) is 0 Å². The van der Waals surface area contributed by atoms with E-state index < -0.39 is 0 Å². The average Bonchev–Trinajstić information content (AvgIpc) is 2.41. The van der Waals surface area contributed by atoms with E-state index in [1.165, 1.54) is 6.07 Å². The molecule has 3 nitrogen and oxygen atoms in total. The van der Waals surface area contributed by atoms with E-state index in [0.29, 0.717) is 5.56 Å². The van der Waals surface area contributed by atoms with Crippen LogP contribution >= 0.6 is 0 Å². The largest absolute Gasteiger partial charge is 0.396 e. The predicted molar refractivity (Wildman–Crippen MR) is 76.4 cm³/mol. The number of unbranched alkanes of at least 4 members (excludes halogenated alkanes) is 2. The second kappa shape index (κ2) is 9.02. The lowest BCUT2D eigenvalue weighted by atomic mass is 10.0. The van der Waals surface area contributed by atoms with Gasteiger partial charge >= 0.3 is 0 Å². The first-order valence-electron chi connectivity index (χ1n) is 6.94. The molecule has 0 aromatic heterocycles. The van der Waals surface area contributed by atoms with E-state index >= 15 is 0 Å². The third-order valence-corrected chi connectivity index (χ3v) is 3.32. The van der Waals surface area contributed by atoms with Gasteiger partial charge in [-0.2, -0.15) is 0 Å². The van der Waals surface area contributed by atoms with E-state index in [1.54, 1.807) is 12.1 Å². The lowest BCUT2D eigenvalue weighted by Gasteiger charge is -2.19. The van der Waals surface area contributed by atoms with Crippen LogP contribution in [0.3, 0.4) is 0 Å². The average molecular weight is 268 g/mol. The Labute approximate surface area is 115 Å². The Morgan fingerprint density at radius 1 is 1.21 bits per heavy atom. The van der Waals surface area contributed by atoms with Gasteiger partial charge < -0.3 is 15.7 Å². The van der Waals surface area contributed by atoms with Crippen molar-refractivity contribution in [3.63, 3.8) is 0 Å². The van der Waals surface area contributed by atoms with Crippen molar-refractivity contribution in [1.29, 1.82) is 0 Å². The Balaban J connectivity index is 2.26. The minimum absolute atomic E-state index is 0.222. The van der Waals surface area contributed by atoms with Gasteiger partial charge in [0.05, 0.1) is 0 Å². The highest BCUT2D eigenvalue weighted by Crippen LogP contribution is 2.17. The molecule has 0 aliphatic heterocycles. The Kier molecular flexibility index (Phi) is 7.63. The van der Waals surface area contributed by atoms with Crippen molar-refractivity contribution in [2.24, 2.45) is 5.73 Å². The monoisotopic (exact) mass is 268 g/mol. The molecule has 1 aromatic carbocycles. The maximum atomic E-state index is 13.5. The zero-order valence-corrected chi connectivity index (χ0v) is 11.7. The topological polar surface area (TPSA) is 49.5 Å². The first-order chi connectivity index (χ1) is 9.15. The lowest BCUT2D eigenvalue weighted by Crippen LogP contribution is -2.25. The first kappa shape index (κ1) is 16.1. The van der Waals surface area contributed by atoms with Gasteiger partial charge in [-0.25, -0.2) is 4.39 Å². The number of aliphatic hydroxyl groups is 1. The third kappa shape index (κ3) is 6.14. The zero-order valence-electron chi connectivity index (χ0n) is 11.7. The molecule has 0 aliphatic rings. The van der Waals surface area contributed by atoms with Crippen molar-refractivity contribution in [1.82, 2.24) is 4.90 Å². The van der Waals surface area contributed by atoms with Gasteiger partial charge in [-0.05, 0) is 51.9 Å². The van der Waals surface area contributed by atoms with E-state index in [-0.39, 0.29) is 18.5 Å². The van der Waals surface area contributed by atoms with Crippen LogP contribution in [-0.2, 0) is 0 Å². The molecule has 0 bridgehead atoms. The number of aliphatic hydroxyl groups excluding tert-OH is 1. The molecule has 0 aliphatic carbocycles. The Bertz CT molecular complexity index is 360. The summed E-state index contributed by atoms with van der Waals surface area (Å²) in [5.74, 6) is -0.222. The van der Waals surface area contributed by atoms with Crippen LogP contribution in [0.4, 0.5) is 4.39 Å². The van der Waals surface area contributed by atoms with Crippen LogP contribution in [0.1, 0.15) is 37.3 Å². The minimum atomic E-state index is -0.249. The maximum Gasteiger partial charge on any atom is 0.127 e. The second-order valence-electron chi connectivity index (χ2n) is 5.00. The van der Waals surface area contributed by atoms with Crippen LogP contribution in [0.25, 0.3) is 0 Å². The molecule has 19 heavy (non-hydrogen) atoms. The van der Waals surface area contributed by atoms with Gasteiger partial charge in [-0.1, -0.05) is 18.2 Å². The maximum absolute atomic E-state index is 13.5. The second-order valence-corrected chi connectivity index (χ2v) is 5.00. The van der Waals surface area contributed by atoms with Gasteiger partial charge in [0.1, 0.15) is 5.82 Å². The van der Waals surface area contributed by atoms with Crippen LogP contribution in [0.5, 0.6) is 0 Å². The SMILES string of the molecule is CN(CCCCCO)CCC(N)c1ccccc1F. The summed E-state index contributed by atoms with van der Waals surface area (Å²) in [6, 6.07) is 6.45. The summed E-state index contributed by atoms with van der Waals surface area (Å²) in [4.78, 5) is 2.21. The highest BCUT2D eigenvalue weighted by molar-refractivity contribution is 5.20. The molecule has 1 rings (SSSR count). The van der Waals surface area contributed by atoms with Crippen LogP contribution in [-0.4, -0.2) is 36.8 Å². The molecule has 1 aromatic rings. The van der Waals surface area contributed by atoms with Crippen molar-refractivity contribution in [2.45, 2.75) is 31.7 Å². The van der Waals surface area contributed by atoms with E-state index in [9.17, 15) is 4.39 Å². The van der Waals surface area contributed by atoms with Gasteiger partial charge in [-0.15, -0.1) is 0 Å². The van der Waals surface area contributed by atoms with Crippen LogP contribution in [0.2, 0.25) is 0 Å². The van der Waals surface area contributed by atoms with Crippen molar-refractivity contribution >= 4 is 0 Å². The van der Waals surface area contributed by atoms with Crippen molar-refractivity contribution in [2.75, 3.05) is 26.7 Å².